The Morgan fingerprint density at radius 3 is 2.65 bits per heavy atom. The van der Waals surface area contributed by atoms with Crippen LogP contribution in [-0.2, 0) is 20.0 Å². The van der Waals surface area contributed by atoms with Crippen LogP contribution in [-0.4, -0.2) is 29.1 Å². The number of benzene rings is 1. The summed E-state index contributed by atoms with van der Waals surface area (Å²) in [7, 11) is -6.97. The smallest absolute Gasteiger partial charge is 0.271 e. The summed E-state index contributed by atoms with van der Waals surface area (Å²) in [6, 6.07) is 9.65. The zero-order valence-corrected chi connectivity index (χ0v) is 14.6. The molecule has 0 spiro atoms. The van der Waals surface area contributed by atoms with E-state index < -0.39 is 20.0 Å². The normalized spacial score (nSPS) is 17.8. The summed E-state index contributed by atoms with van der Waals surface area (Å²) >= 11 is 1.12. The molecule has 0 amide bonds. The lowest BCUT2D eigenvalue weighted by atomic mass is 10.2. The standard InChI is InChI=1S/C14H16N2O4S3/c17-22(18)10-2-1-8-16(22)13-6-3-5-12(11-13)15-23(19,20)14-7-4-9-21-14/h3-7,9,11,15H,1-2,8,10H2. The Balaban J connectivity index is 1.89. The van der Waals surface area contributed by atoms with Gasteiger partial charge in [-0.1, -0.05) is 12.1 Å². The SMILES string of the molecule is O=S(=O)(Nc1cccc(N2CCCCS2(=O)=O)c1)c1cccs1. The van der Waals surface area contributed by atoms with E-state index in [1.54, 1.807) is 35.7 Å². The zero-order chi connectivity index (χ0) is 16.5. The van der Waals surface area contributed by atoms with Crippen LogP contribution < -0.4 is 9.03 Å². The topological polar surface area (TPSA) is 83.6 Å². The fraction of sp³-hybridized carbons (Fsp3) is 0.286. The minimum Gasteiger partial charge on any atom is -0.279 e. The average molecular weight is 372 g/mol. The second-order valence-corrected chi connectivity index (χ2v) is 10.1. The van der Waals surface area contributed by atoms with Crippen LogP contribution in [0.15, 0.2) is 46.0 Å². The first-order valence-electron chi connectivity index (χ1n) is 7.05. The van der Waals surface area contributed by atoms with E-state index >= 15 is 0 Å². The minimum absolute atomic E-state index is 0.123. The van der Waals surface area contributed by atoms with Gasteiger partial charge >= 0.3 is 0 Å². The van der Waals surface area contributed by atoms with E-state index in [1.807, 2.05) is 0 Å². The monoisotopic (exact) mass is 372 g/mol. The first-order valence-corrected chi connectivity index (χ1v) is 11.0. The summed E-state index contributed by atoms with van der Waals surface area (Å²) in [5, 5.41) is 1.69. The first kappa shape index (κ1) is 16.3. The molecule has 1 aromatic heterocycles. The van der Waals surface area contributed by atoms with Crippen LogP contribution in [0.3, 0.4) is 0 Å². The molecule has 1 aromatic carbocycles. The van der Waals surface area contributed by atoms with Crippen molar-refractivity contribution in [2.24, 2.45) is 0 Å². The van der Waals surface area contributed by atoms with Crippen LogP contribution in [0.5, 0.6) is 0 Å². The quantitative estimate of drug-likeness (QED) is 0.894. The van der Waals surface area contributed by atoms with E-state index in [4.69, 9.17) is 0 Å². The largest absolute Gasteiger partial charge is 0.279 e. The molecule has 0 saturated carbocycles. The van der Waals surface area contributed by atoms with Crippen LogP contribution in [0.4, 0.5) is 11.4 Å². The number of sulfonamides is 2. The van der Waals surface area contributed by atoms with Gasteiger partial charge in [0.25, 0.3) is 10.0 Å². The van der Waals surface area contributed by atoms with Gasteiger partial charge in [0.15, 0.2) is 0 Å². The number of anilines is 2. The third-order valence-corrected chi connectivity index (χ3v) is 8.14. The fourth-order valence-electron chi connectivity index (χ4n) is 2.43. The van der Waals surface area contributed by atoms with Crippen molar-refractivity contribution >= 4 is 42.8 Å². The lowest BCUT2D eigenvalue weighted by molar-refractivity contribution is 0.574. The second-order valence-electron chi connectivity index (χ2n) is 5.18. The summed E-state index contributed by atoms with van der Waals surface area (Å²) in [5.41, 5.74) is 0.827. The fourth-order valence-corrected chi connectivity index (χ4v) is 6.10. The maximum atomic E-state index is 12.2. The van der Waals surface area contributed by atoms with Crippen molar-refractivity contribution in [2.45, 2.75) is 17.1 Å². The Bertz CT molecular complexity index is 890. The molecule has 2 aromatic rings. The van der Waals surface area contributed by atoms with Crippen molar-refractivity contribution in [1.29, 1.82) is 0 Å². The van der Waals surface area contributed by atoms with Gasteiger partial charge in [0.1, 0.15) is 4.21 Å². The molecule has 1 N–H and O–H groups in total. The lowest BCUT2D eigenvalue weighted by Crippen LogP contribution is -2.37. The highest BCUT2D eigenvalue weighted by Gasteiger charge is 2.26. The van der Waals surface area contributed by atoms with Gasteiger partial charge in [-0.05, 0) is 42.5 Å². The molecule has 1 aliphatic heterocycles. The molecule has 9 heteroatoms. The van der Waals surface area contributed by atoms with Gasteiger partial charge in [0.05, 0.1) is 17.1 Å². The number of nitrogens with zero attached hydrogens (tertiary/aromatic N) is 1. The molecule has 1 saturated heterocycles. The third-order valence-electron chi connectivity index (χ3n) is 3.50. The van der Waals surface area contributed by atoms with Crippen molar-refractivity contribution in [2.75, 3.05) is 21.3 Å². The van der Waals surface area contributed by atoms with Gasteiger partial charge in [-0.2, -0.15) is 0 Å². The predicted molar refractivity (Wildman–Crippen MR) is 91.9 cm³/mol. The van der Waals surface area contributed by atoms with Gasteiger partial charge in [-0.3, -0.25) is 9.03 Å². The minimum atomic E-state index is -3.65. The van der Waals surface area contributed by atoms with Crippen LogP contribution in [0.25, 0.3) is 0 Å². The van der Waals surface area contributed by atoms with E-state index in [2.05, 4.69) is 4.72 Å². The number of rotatable bonds is 4. The molecule has 3 rings (SSSR count). The van der Waals surface area contributed by atoms with Crippen LogP contribution in [0.1, 0.15) is 12.8 Å². The maximum Gasteiger partial charge on any atom is 0.271 e. The molecule has 0 aliphatic carbocycles. The second kappa shape index (κ2) is 6.14. The van der Waals surface area contributed by atoms with Crippen molar-refractivity contribution in [3.63, 3.8) is 0 Å². The van der Waals surface area contributed by atoms with Gasteiger partial charge in [-0.15, -0.1) is 11.3 Å². The van der Waals surface area contributed by atoms with Gasteiger partial charge in [0.2, 0.25) is 10.0 Å². The maximum absolute atomic E-state index is 12.2. The third kappa shape index (κ3) is 3.51. The van der Waals surface area contributed by atoms with Crippen LogP contribution >= 0.6 is 11.3 Å². The Labute approximate surface area is 139 Å². The van der Waals surface area contributed by atoms with Crippen molar-refractivity contribution in [1.82, 2.24) is 0 Å². The molecule has 6 nitrogen and oxygen atoms in total. The van der Waals surface area contributed by atoms with Crippen LogP contribution in [0.2, 0.25) is 0 Å². The molecule has 23 heavy (non-hydrogen) atoms. The first-order chi connectivity index (χ1) is 10.9. The van der Waals surface area contributed by atoms with E-state index in [9.17, 15) is 16.8 Å². The Kier molecular flexibility index (Phi) is 4.35. The number of hydrogen-bond donors (Lipinski definition) is 1. The highest BCUT2D eigenvalue weighted by atomic mass is 32.2. The summed E-state index contributed by atoms with van der Waals surface area (Å²) in [4.78, 5) is 0. The van der Waals surface area contributed by atoms with Gasteiger partial charge in [-0.25, -0.2) is 16.8 Å². The molecule has 0 atom stereocenters. The molecule has 2 heterocycles. The van der Waals surface area contributed by atoms with Gasteiger partial charge in [0, 0.05) is 6.54 Å². The molecule has 1 fully saturated rings. The van der Waals surface area contributed by atoms with E-state index in [-0.39, 0.29) is 9.96 Å². The molecule has 124 valence electrons. The molecule has 0 radical (unpaired) electrons. The molecule has 0 unspecified atom stereocenters. The predicted octanol–water partition coefficient (Wildman–Crippen LogP) is 2.48. The summed E-state index contributed by atoms with van der Waals surface area (Å²) < 4.78 is 52.9. The molecule has 1 aliphatic rings. The number of nitrogens with one attached hydrogen (secondary N) is 1. The van der Waals surface area contributed by atoms with Crippen molar-refractivity contribution in [3.8, 4) is 0 Å². The summed E-state index contributed by atoms with van der Waals surface area (Å²) in [5.74, 6) is 0.123. The lowest BCUT2D eigenvalue weighted by Gasteiger charge is -2.28. The highest BCUT2D eigenvalue weighted by Crippen LogP contribution is 2.27. The Morgan fingerprint density at radius 1 is 1.13 bits per heavy atom. The molecular weight excluding hydrogens is 356 g/mol. The average Bonchev–Trinajstić information content (AvgIpc) is 3.01. The summed E-state index contributed by atoms with van der Waals surface area (Å²) in [6.45, 7) is 0.420. The Morgan fingerprint density at radius 2 is 1.96 bits per heavy atom. The van der Waals surface area contributed by atoms with Gasteiger partial charge < -0.3 is 0 Å². The molecule has 0 bridgehead atoms. The number of thiophene rings is 1. The van der Waals surface area contributed by atoms with E-state index in [0.717, 1.165) is 17.8 Å². The van der Waals surface area contributed by atoms with Crippen LogP contribution in [0, 0.1) is 0 Å². The molecular formula is C14H16N2O4S3. The van der Waals surface area contributed by atoms with E-state index in [0.29, 0.717) is 24.3 Å². The summed E-state index contributed by atoms with van der Waals surface area (Å²) in [6.07, 6.45) is 1.45. The highest BCUT2D eigenvalue weighted by molar-refractivity contribution is 7.94. The number of hydrogen-bond acceptors (Lipinski definition) is 5. The van der Waals surface area contributed by atoms with Crippen molar-refractivity contribution in [3.05, 3.63) is 41.8 Å². The zero-order valence-electron chi connectivity index (χ0n) is 12.2. The van der Waals surface area contributed by atoms with Crippen molar-refractivity contribution < 1.29 is 16.8 Å². The Hall–Kier alpha value is -1.58. The van der Waals surface area contributed by atoms with E-state index in [1.165, 1.54) is 10.4 Å².